The van der Waals surface area contributed by atoms with Crippen LogP contribution in [0.5, 0.6) is 0 Å². The normalized spacial score (nSPS) is 16.6. The molecule has 0 aromatic heterocycles. The van der Waals surface area contributed by atoms with Gasteiger partial charge in [0.25, 0.3) is 5.91 Å². The van der Waals surface area contributed by atoms with E-state index in [0.717, 1.165) is 4.31 Å². The highest BCUT2D eigenvalue weighted by Gasteiger charge is 2.38. The van der Waals surface area contributed by atoms with Crippen LogP contribution in [0.15, 0.2) is 53.4 Å². The molecule has 3 rings (SSSR count). The molecule has 0 spiro atoms. The Hall–Kier alpha value is -3.11. The lowest BCUT2D eigenvalue weighted by atomic mass is 10.1. The molecular weight excluding hydrogens is 463 g/mol. The Labute approximate surface area is 198 Å². The molecule has 34 heavy (non-hydrogen) atoms. The maximum atomic E-state index is 13.3. The van der Waals surface area contributed by atoms with Gasteiger partial charge in [-0.25, -0.2) is 12.8 Å². The summed E-state index contributed by atoms with van der Waals surface area (Å²) in [6.45, 7) is 1.11. The van der Waals surface area contributed by atoms with E-state index in [1.807, 2.05) is 0 Å². The average Bonchev–Trinajstić information content (AvgIpc) is 2.82. The number of piperidine rings is 1. The number of benzene rings is 2. The number of ketones is 1. The smallest absolute Gasteiger partial charge is 0.324 e. The van der Waals surface area contributed by atoms with Crippen LogP contribution in [-0.4, -0.2) is 61.5 Å². The predicted molar refractivity (Wildman–Crippen MR) is 122 cm³/mol. The summed E-state index contributed by atoms with van der Waals surface area (Å²) in [6.07, 6.45) is 1.50. The summed E-state index contributed by atoms with van der Waals surface area (Å²) in [6, 6.07) is 10.3. The van der Waals surface area contributed by atoms with Crippen LogP contribution in [0.2, 0.25) is 0 Å². The van der Waals surface area contributed by atoms with Gasteiger partial charge in [-0.15, -0.1) is 0 Å². The Kier molecular flexibility index (Phi) is 8.16. The molecule has 1 unspecified atom stereocenters. The van der Waals surface area contributed by atoms with E-state index in [0.29, 0.717) is 24.0 Å². The molecule has 10 heteroatoms. The second kappa shape index (κ2) is 10.9. The summed E-state index contributed by atoms with van der Waals surface area (Å²) < 4.78 is 46.0. The number of nitrogens with zero attached hydrogens (tertiary/aromatic N) is 2. The Morgan fingerprint density at radius 1 is 1.12 bits per heavy atom. The van der Waals surface area contributed by atoms with E-state index < -0.39 is 40.4 Å². The molecule has 0 saturated carbocycles. The van der Waals surface area contributed by atoms with Gasteiger partial charge in [0.05, 0.1) is 4.90 Å². The number of carbonyl (C=O) groups excluding carboxylic acids is 3. The van der Waals surface area contributed by atoms with Gasteiger partial charge in [-0.3, -0.25) is 14.4 Å². The number of Topliss-reactive ketones (excluding diaryl/α,β-unsaturated/α-hetero) is 1. The minimum Gasteiger partial charge on any atom is -0.454 e. The van der Waals surface area contributed by atoms with Crippen LogP contribution in [0.4, 0.5) is 4.39 Å². The number of hydrogen-bond acceptors (Lipinski definition) is 6. The number of hydrogen-bond donors (Lipinski definition) is 0. The number of carbonyl (C=O) groups is 3. The van der Waals surface area contributed by atoms with Gasteiger partial charge in [0.2, 0.25) is 10.0 Å². The van der Waals surface area contributed by atoms with E-state index in [4.69, 9.17) is 4.74 Å². The molecular formula is C24H27FN2O6S. The number of likely N-dealkylation sites (N-methyl/N-ethyl adjacent to an activating group) is 1. The van der Waals surface area contributed by atoms with Crippen molar-refractivity contribution in [2.45, 2.75) is 43.7 Å². The maximum Gasteiger partial charge on any atom is 0.324 e. The standard InChI is InChI=1S/C24H27FN2O6S/c1-17(28)19-9-11-21(12-10-19)34(31,32)27-13-4-3-8-22(27)24(30)33-16-23(29)26(2)15-18-6-5-7-20(25)14-18/h5-7,9-12,14,22H,3-4,8,13,15-16H2,1-2H3. The molecule has 1 heterocycles. The van der Waals surface area contributed by atoms with Gasteiger partial charge >= 0.3 is 5.97 Å². The minimum atomic E-state index is -4.01. The number of ether oxygens (including phenoxy) is 1. The zero-order chi connectivity index (χ0) is 24.9. The van der Waals surface area contributed by atoms with Crippen LogP contribution in [0, 0.1) is 5.82 Å². The van der Waals surface area contributed by atoms with E-state index in [-0.39, 0.29) is 30.2 Å². The molecule has 1 atom stereocenters. The van der Waals surface area contributed by atoms with Gasteiger partial charge < -0.3 is 9.64 Å². The van der Waals surface area contributed by atoms with Gasteiger partial charge in [0, 0.05) is 25.7 Å². The maximum absolute atomic E-state index is 13.3. The first-order valence-electron chi connectivity index (χ1n) is 10.9. The molecule has 182 valence electrons. The summed E-state index contributed by atoms with van der Waals surface area (Å²) in [5.74, 6) is -1.89. The van der Waals surface area contributed by atoms with E-state index in [9.17, 15) is 27.2 Å². The molecule has 8 nitrogen and oxygen atoms in total. The fourth-order valence-electron chi connectivity index (χ4n) is 3.76. The highest BCUT2D eigenvalue weighted by molar-refractivity contribution is 7.89. The van der Waals surface area contributed by atoms with Crippen LogP contribution >= 0.6 is 0 Å². The highest BCUT2D eigenvalue weighted by atomic mass is 32.2. The summed E-state index contributed by atoms with van der Waals surface area (Å²) in [4.78, 5) is 37.9. The van der Waals surface area contributed by atoms with E-state index in [2.05, 4.69) is 0 Å². The van der Waals surface area contributed by atoms with Crippen molar-refractivity contribution in [2.24, 2.45) is 0 Å². The molecule has 0 aliphatic carbocycles. The molecule has 1 aliphatic heterocycles. The molecule has 0 radical (unpaired) electrons. The van der Waals surface area contributed by atoms with Crippen LogP contribution in [0.25, 0.3) is 0 Å². The first-order chi connectivity index (χ1) is 16.1. The third kappa shape index (κ3) is 6.06. The molecule has 1 amide bonds. The Morgan fingerprint density at radius 2 is 1.82 bits per heavy atom. The zero-order valence-corrected chi connectivity index (χ0v) is 19.9. The average molecular weight is 491 g/mol. The monoisotopic (exact) mass is 490 g/mol. The SMILES string of the molecule is CC(=O)c1ccc(S(=O)(=O)N2CCCCC2C(=O)OCC(=O)N(C)Cc2cccc(F)c2)cc1. The van der Waals surface area contributed by atoms with Gasteiger partial charge in [-0.1, -0.05) is 24.3 Å². The van der Waals surface area contributed by atoms with E-state index in [1.54, 1.807) is 6.07 Å². The van der Waals surface area contributed by atoms with Crippen molar-refractivity contribution in [1.82, 2.24) is 9.21 Å². The van der Waals surface area contributed by atoms with Crippen molar-refractivity contribution in [3.63, 3.8) is 0 Å². The van der Waals surface area contributed by atoms with Crippen LogP contribution in [-0.2, 0) is 30.9 Å². The predicted octanol–water partition coefficient (Wildman–Crippen LogP) is 2.77. The third-order valence-corrected chi connectivity index (χ3v) is 7.59. The molecule has 0 bridgehead atoms. The Balaban J connectivity index is 1.65. The number of esters is 1. The van der Waals surface area contributed by atoms with Gasteiger partial charge in [0.1, 0.15) is 11.9 Å². The number of rotatable bonds is 8. The lowest BCUT2D eigenvalue weighted by Crippen LogP contribution is -2.49. The fraction of sp³-hybridized carbons (Fsp3) is 0.375. The molecule has 2 aromatic rings. The lowest BCUT2D eigenvalue weighted by molar-refractivity contribution is -0.155. The third-order valence-electron chi connectivity index (χ3n) is 5.67. The second-order valence-corrected chi connectivity index (χ2v) is 10.1. The summed E-state index contributed by atoms with van der Waals surface area (Å²) >= 11 is 0. The first kappa shape index (κ1) is 25.5. The van der Waals surface area contributed by atoms with Crippen LogP contribution in [0.1, 0.15) is 42.1 Å². The van der Waals surface area contributed by atoms with Crippen molar-refractivity contribution < 1.29 is 31.9 Å². The summed E-state index contributed by atoms with van der Waals surface area (Å²) in [5, 5.41) is 0. The molecule has 2 aromatic carbocycles. The van der Waals surface area contributed by atoms with Crippen molar-refractivity contribution in [2.75, 3.05) is 20.2 Å². The topological polar surface area (TPSA) is 101 Å². The first-order valence-corrected chi connectivity index (χ1v) is 12.3. The number of halogens is 1. The second-order valence-electron chi connectivity index (χ2n) is 8.20. The van der Waals surface area contributed by atoms with Crippen molar-refractivity contribution in [3.8, 4) is 0 Å². The zero-order valence-electron chi connectivity index (χ0n) is 19.1. The van der Waals surface area contributed by atoms with Crippen molar-refractivity contribution >= 4 is 27.7 Å². The summed E-state index contributed by atoms with van der Waals surface area (Å²) in [5.41, 5.74) is 0.969. The van der Waals surface area contributed by atoms with Gasteiger partial charge in [0.15, 0.2) is 12.4 Å². The fourth-order valence-corrected chi connectivity index (χ4v) is 5.41. The molecule has 1 aliphatic rings. The van der Waals surface area contributed by atoms with Gasteiger partial charge in [-0.05, 0) is 56.0 Å². The Morgan fingerprint density at radius 3 is 2.47 bits per heavy atom. The lowest BCUT2D eigenvalue weighted by Gasteiger charge is -2.33. The molecule has 1 saturated heterocycles. The number of amides is 1. The van der Waals surface area contributed by atoms with Crippen molar-refractivity contribution in [1.29, 1.82) is 0 Å². The van der Waals surface area contributed by atoms with E-state index >= 15 is 0 Å². The van der Waals surface area contributed by atoms with Gasteiger partial charge in [-0.2, -0.15) is 4.31 Å². The van der Waals surface area contributed by atoms with Crippen LogP contribution < -0.4 is 0 Å². The Bertz CT molecular complexity index is 1170. The van der Waals surface area contributed by atoms with E-state index in [1.165, 1.54) is 61.3 Å². The largest absolute Gasteiger partial charge is 0.454 e. The minimum absolute atomic E-state index is 0.0249. The van der Waals surface area contributed by atoms with Crippen molar-refractivity contribution in [3.05, 3.63) is 65.5 Å². The van der Waals surface area contributed by atoms with Crippen LogP contribution in [0.3, 0.4) is 0 Å². The molecule has 0 N–H and O–H groups in total. The summed E-state index contributed by atoms with van der Waals surface area (Å²) in [7, 11) is -2.50. The number of sulfonamides is 1. The molecule has 1 fully saturated rings. The highest BCUT2D eigenvalue weighted by Crippen LogP contribution is 2.26. The quantitative estimate of drug-likeness (QED) is 0.417.